The lowest BCUT2D eigenvalue weighted by Gasteiger charge is -2.14. The minimum atomic E-state index is -1.02. The van der Waals surface area contributed by atoms with Crippen molar-refractivity contribution in [3.05, 3.63) is 53.6 Å². The van der Waals surface area contributed by atoms with E-state index in [-0.39, 0.29) is 6.42 Å². The molecular formula is C22H23ClO7. The third-order valence-corrected chi connectivity index (χ3v) is 3.85. The Morgan fingerprint density at radius 2 is 1.40 bits per heavy atom. The number of benzene rings is 2. The minimum Gasteiger partial charge on any atom is -0.490 e. The quantitative estimate of drug-likeness (QED) is 0.405. The Bertz CT molecular complexity index is 860. The fourth-order valence-electron chi connectivity index (χ4n) is 2.28. The maximum Gasteiger partial charge on any atom is 0.378 e. The van der Waals surface area contributed by atoms with Gasteiger partial charge in [0.15, 0.2) is 6.61 Å². The Morgan fingerprint density at radius 1 is 0.867 bits per heavy atom. The summed E-state index contributed by atoms with van der Waals surface area (Å²) >= 11 is 5.84. The molecule has 0 aromatic heterocycles. The molecule has 0 fully saturated rings. The predicted molar refractivity (Wildman–Crippen MR) is 110 cm³/mol. The SMILES string of the molecule is CC(C)OC(=O)C(=O)COC(=O)CC(C)Oc1ccc(Oc2ccc(Cl)cc2)cc1. The zero-order valence-electron chi connectivity index (χ0n) is 16.9. The summed E-state index contributed by atoms with van der Waals surface area (Å²) in [6.45, 7) is 4.27. The first-order valence-corrected chi connectivity index (χ1v) is 9.70. The van der Waals surface area contributed by atoms with E-state index in [1.807, 2.05) is 0 Å². The van der Waals surface area contributed by atoms with Crippen LogP contribution in [0.25, 0.3) is 0 Å². The molecule has 2 aromatic carbocycles. The molecule has 8 heteroatoms. The summed E-state index contributed by atoms with van der Waals surface area (Å²) in [5.41, 5.74) is 0. The lowest BCUT2D eigenvalue weighted by Crippen LogP contribution is -2.27. The van der Waals surface area contributed by atoms with Crippen LogP contribution in [-0.4, -0.2) is 36.5 Å². The van der Waals surface area contributed by atoms with Gasteiger partial charge in [-0.3, -0.25) is 9.59 Å². The molecule has 0 N–H and O–H groups in total. The first-order chi connectivity index (χ1) is 14.2. The van der Waals surface area contributed by atoms with Crippen molar-refractivity contribution in [3.63, 3.8) is 0 Å². The fraction of sp³-hybridized carbons (Fsp3) is 0.318. The van der Waals surface area contributed by atoms with Crippen molar-refractivity contribution in [2.75, 3.05) is 6.61 Å². The number of esters is 2. The van der Waals surface area contributed by atoms with Gasteiger partial charge in [0.1, 0.15) is 23.4 Å². The van der Waals surface area contributed by atoms with E-state index in [4.69, 9.17) is 30.5 Å². The molecule has 0 aliphatic rings. The first kappa shape index (κ1) is 23.2. The van der Waals surface area contributed by atoms with Gasteiger partial charge in [-0.05, 0) is 69.3 Å². The van der Waals surface area contributed by atoms with Gasteiger partial charge in [-0.15, -0.1) is 0 Å². The summed E-state index contributed by atoms with van der Waals surface area (Å²) in [7, 11) is 0. The van der Waals surface area contributed by atoms with Crippen molar-refractivity contribution >= 4 is 29.3 Å². The molecule has 160 valence electrons. The summed E-state index contributed by atoms with van der Waals surface area (Å²) in [5.74, 6) is -0.796. The molecule has 2 aromatic rings. The van der Waals surface area contributed by atoms with Gasteiger partial charge in [0.2, 0.25) is 0 Å². The van der Waals surface area contributed by atoms with E-state index < -0.39 is 36.5 Å². The molecule has 1 atom stereocenters. The van der Waals surface area contributed by atoms with Crippen LogP contribution in [0.3, 0.4) is 0 Å². The maximum atomic E-state index is 11.8. The number of ketones is 1. The molecule has 0 aliphatic carbocycles. The Kier molecular flexibility index (Phi) is 8.68. The number of ether oxygens (including phenoxy) is 4. The number of carbonyl (C=O) groups excluding carboxylic acids is 3. The zero-order valence-corrected chi connectivity index (χ0v) is 17.7. The molecule has 0 amide bonds. The largest absolute Gasteiger partial charge is 0.490 e. The van der Waals surface area contributed by atoms with Crippen LogP contribution in [0.5, 0.6) is 17.2 Å². The van der Waals surface area contributed by atoms with Gasteiger partial charge in [-0.2, -0.15) is 0 Å². The molecule has 30 heavy (non-hydrogen) atoms. The van der Waals surface area contributed by atoms with E-state index in [1.54, 1.807) is 69.3 Å². The van der Waals surface area contributed by atoms with Crippen LogP contribution in [0.4, 0.5) is 0 Å². The highest BCUT2D eigenvalue weighted by Crippen LogP contribution is 2.25. The van der Waals surface area contributed by atoms with Crippen LogP contribution >= 0.6 is 11.6 Å². The minimum absolute atomic E-state index is 0.0878. The number of hydrogen-bond acceptors (Lipinski definition) is 7. The summed E-state index contributed by atoms with van der Waals surface area (Å²) in [6.07, 6.45) is -1.01. The molecule has 0 spiro atoms. The molecule has 0 saturated heterocycles. The van der Waals surface area contributed by atoms with Crippen LogP contribution in [0.15, 0.2) is 48.5 Å². The zero-order chi connectivity index (χ0) is 22.1. The molecule has 2 rings (SSSR count). The van der Waals surface area contributed by atoms with Crippen molar-refractivity contribution in [1.82, 2.24) is 0 Å². The lowest BCUT2D eigenvalue weighted by atomic mass is 10.2. The maximum absolute atomic E-state index is 11.8. The van der Waals surface area contributed by atoms with Crippen LogP contribution in [0.2, 0.25) is 5.02 Å². The molecule has 1 unspecified atom stereocenters. The topological polar surface area (TPSA) is 88.1 Å². The third kappa shape index (κ3) is 8.13. The number of rotatable bonds is 10. The standard InChI is InChI=1S/C22H23ClO7/c1-14(2)28-22(26)20(24)13-27-21(25)12-15(3)29-17-8-10-19(11-9-17)30-18-6-4-16(23)5-7-18/h4-11,14-15H,12-13H2,1-3H3. The monoisotopic (exact) mass is 434 g/mol. The second-order valence-electron chi connectivity index (χ2n) is 6.70. The van der Waals surface area contributed by atoms with Crippen molar-refractivity contribution in [2.45, 2.75) is 39.4 Å². The highest BCUT2D eigenvalue weighted by molar-refractivity contribution is 6.34. The number of hydrogen-bond donors (Lipinski definition) is 0. The Hall–Kier alpha value is -3.06. The number of Topliss-reactive ketones (excluding diaryl/α,β-unsaturated/α-hetero) is 1. The molecule has 0 radical (unpaired) electrons. The summed E-state index contributed by atoms with van der Waals surface area (Å²) < 4.78 is 20.9. The van der Waals surface area contributed by atoms with Crippen LogP contribution in [-0.2, 0) is 23.9 Å². The second-order valence-corrected chi connectivity index (χ2v) is 7.13. The smallest absolute Gasteiger partial charge is 0.378 e. The van der Waals surface area contributed by atoms with Gasteiger partial charge in [0, 0.05) is 5.02 Å². The summed E-state index contributed by atoms with van der Waals surface area (Å²) in [5, 5.41) is 0.624. The van der Waals surface area contributed by atoms with Crippen molar-refractivity contribution in [1.29, 1.82) is 0 Å². The Balaban J connectivity index is 1.76. The average molecular weight is 435 g/mol. The van der Waals surface area contributed by atoms with E-state index in [9.17, 15) is 14.4 Å². The van der Waals surface area contributed by atoms with E-state index in [0.717, 1.165) is 0 Å². The number of carbonyl (C=O) groups is 3. The summed E-state index contributed by atoms with van der Waals surface area (Å²) in [6, 6.07) is 13.9. The molecule has 0 aliphatic heterocycles. The van der Waals surface area contributed by atoms with Crippen molar-refractivity contribution in [3.8, 4) is 17.2 Å². The normalized spacial score (nSPS) is 11.5. The van der Waals surface area contributed by atoms with E-state index in [2.05, 4.69) is 0 Å². The molecule has 0 bridgehead atoms. The third-order valence-electron chi connectivity index (χ3n) is 3.60. The van der Waals surface area contributed by atoms with Gasteiger partial charge >= 0.3 is 11.9 Å². The fourth-order valence-corrected chi connectivity index (χ4v) is 2.40. The highest BCUT2D eigenvalue weighted by Gasteiger charge is 2.20. The predicted octanol–water partition coefficient (Wildman–Crippen LogP) is 4.35. The molecule has 0 heterocycles. The van der Waals surface area contributed by atoms with Gasteiger partial charge < -0.3 is 18.9 Å². The average Bonchev–Trinajstić information content (AvgIpc) is 2.68. The molecule has 7 nitrogen and oxygen atoms in total. The second kappa shape index (κ2) is 11.2. The van der Waals surface area contributed by atoms with Crippen LogP contribution in [0, 0.1) is 0 Å². The highest BCUT2D eigenvalue weighted by atomic mass is 35.5. The van der Waals surface area contributed by atoms with Crippen LogP contribution < -0.4 is 9.47 Å². The van der Waals surface area contributed by atoms with E-state index in [0.29, 0.717) is 22.3 Å². The first-order valence-electron chi connectivity index (χ1n) is 9.32. The molecular weight excluding hydrogens is 412 g/mol. The van der Waals surface area contributed by atoms with E-state index >= 15 is 0 Å². The number of halogens is 1. The van der Waals surface area contributed by atoms with Gasteiger partial charge in [0.05, 0.1) is 12.5 Å². The van der Waals surface area contributed by atoms with E-state index in [1.165, 1.54) is 0 Å². The van der Waals surface area contributed by atoms with Crippen molar-refractivity contribution in [2.24, 2.45) is 0 Å². The van der Waals surface area contributed by atoms with Gasteiger partial charge in [-0.25, -0.2) is 4.79 Å². The van der Waals surface area contributed by atoms with Gasteiger partial charge in [-0.1, -0.05) is 11.6 Å². The Labute approximate surface area is 179 Å². The Morgan fingerprint density at radius 3 is 1.97 bits per heavy atom. The molecule has 0 saturated carbocycles. The lowest BCUT2D eigenvalue weighted by molar-refractivity contribution is -0.161. The van der Waals surface area contributed by atoms with Gasteiger partial charge in [0.25, 0.3) is 5.78 Å². The summed E-state index contributed by atoms with van der Waals surface area (Å²) in [4.78, 5) is 34.8. The van der Waals surface area contributed by atoms with Crippen LogP contribution in [0.1, 0.15) is 27.2 Å². The van der Waals surface area contributed by atoms with Crippen molar-refractivity contribution < 1.29 is 33.3 Å².